The Morgan fingerprint density at radius 2 is 2.19 bits per heavy atom. The summed E-state index contributed by atoms with van der Waals surface area (Å²) >= 11 is 3.32. The molecule has 0 N–H and O–H groups in total. The van der Waals surface area contributed by atoms with Crippen LogP contribution in [0.1, 0.15) is 13.8 Å². The summed E-state index contributed by atoms with van der Waals surface area (Å²) in [7, 11) is 0. The van der Waals surface area contributed by atoms with Gasteiger partial charge in [0, 0.05) is 4.47 Å². The molecule has 0 atom stereocenters. The van der Waals surface area contributed by atoms with Crippen LogP contribution in [0.2, 0.25) is 0 Å². The molecule has 0 saturated heterocycles. The average molecular weight is 287 g/mol. The van der Waals surface area contributed by atoms with E-state index in [1.54, 1.807) is 12.1 Å². The number of halogens is 1. The molecule has 1 rings (SSSR count). The Labute approximate surface area is 104 Å². The molecule has 0 heterocycles. The van der Waals surface area contributed by atoms with E-state index in [0.717, 1.165) is 4.47 Å². The van der Waals surface area contributed by atoms with Crippen LogP contribution in [0.3, 0.4) is 0 Å². The molecule has 0 aromatic heterocycles. The molecule has 0 saturated carbocycles. The molecule has 3 nitrogen and oxygen atoms in total. The van der Waals surface area contributed by atoms with Gasteiger partial charge in [0.15, 0.2) is 6.61 Å². The van der Waals surface area contributed by atoms with Crippen molar-refractivity contribution in [2.45, 2.75) is 13.8 Å². The van der Waals surface area contributed by atoms with Crippen LogP contribution >= 0.6 is 15.9 Å². The quantitative estimate of drug-likeness (QED) is 0.781. The van der Waals surface area contributed by atoms with Crippen molar-refractivity contribution in [2.24, 2.45) is 5.92 Å². The van der Waals surface area contributed by atoms with Crippen molar-refractivity contribution in [2.75, 3.05) is 13.2 Å². The van der Waals surface area contributed by atoms with Crippen LogP contribution in [0.25, 0.3) is 0 Å². The Balaban J connectivity index is 2.31. The number of esters is 1. The number of hydrogen-bond acceptors (Lipinski definition) is 3. The highest BCUT2D eigenvalue weighted by molar-refractivity contribution is 9.10. The number of hydrogen-bond donors (Lipinski definition) is 0. The lowest BCUT2D eigenvalue weighted by Gasteiger charge is -2.08. The van der Waals surface area contributed by atoms with Crippen molar-refractivity contribution in [3.63, 3.8) is 0 Å². The molecule has 4 heteroatoms. The van der Waals surface area contributed by atoms with Crippen molar-refractivity contribution < 1.29 is 14.3 Å². The highest BCUT2D eigenvalue weighted by Gasteiger charge is 2.05. The third-order valence-electron chi connectivity index (χ3n) is 1.73. The molecule has 0 fully saturated rings. The van der Waals surface area contributed by atoms with Gasteiger partial charge in [0.2, 0.25) is 0 Å². The standard InChI is InChI=1S/C12H15BrO3/c1-9(2)7-16-12(14)8-15-11-5-3-4-10(13)6-11/h3-6,9H,7-8H2,1-2H3. The second-order valence-electron chi connectivity index (χ2n) is 3.82. The number of rotatable bonds is 5. The highest BCUT2D eigenvalue weighted by atomic mass is 79.9. The summed E-state index contributed by atoms with van der Waals surface area (Å²) < 4.78 is 11.2. The van der Waals surface area contributed by atoms with Crippen LogP contribution in [-0.2, 0) is 9.53 Å². The van der Waals surface area contributed by atoms with E-state index in [1.807, 2.05) is 26.0 Å². The van der Waals surface area contributed by atoms with Gasteiger partial charge in [-0.05, 0) is 24.1 Å². The SMILES string of the molecule is CC(C)COC(=O)COc1cccc(Br)c1. The molecule has 0 aliphatic heterocycles. The maximum atomic E-state index is 11.2. The molecule has 0 bridgehead atoms. The van der Waals surface area contributed by atoms with Gasteiger partial charge < -0.3 is 9.47 Å². The Morgan fingerprint density at radius 1 is 1.44 bits per heavy atom. The van der Waals surface area contributed by atoms with Gasteiger partial charge in [-0.2, -0.15) is 0 Å². The van der Waals surface area contributed by atoms with E-state index in [2.05, 4.69) is 15.9 Å². The van der Waals surface area contributed by atoms with Crippen LogP contribution in [0.4, 0.5) is 0 Å². The van der Waals surface area contributed by atoms with Crippen LogP contribution in [-0.4, -0.2) is 19.2 Å². The van der Waals surface area contributed by atoms with Gasteiger partial charge in [-0.1, -0.05) is 35.8 Å². The first kappa shape index (κ1) is 13.0. The zero-order chi connectivity index (χ0) is 12.0. The molecule has 0 unspecified atom stereocenters. The van der Waals surface area contributed by atoms with Gasteiger partial charge in [0.1, 0.15) is 5.75 Å². The minimum absolute atomic E-state index is 0.0524. The van der Waals surface area contributed by atoms with Gasteiger partial charge in [-0.3, -0.25) is 0 Å². The Hall–Kier alpha value is -1.03. The molecule has 16 heavy (non-hydrogen) atoms. The van der Waals surface area contributed by atoms with Crippen LogP contribution in [0.5, 0.6) is 5.75 Å². The summed E-state index contributed by atoms with van der Waals surface area (Å²) in [5, 5.41) is 0. The summed E-state index contributed by atoms with van der Waals surface area (Å²) in [6.45, 7) is 4.36. The van der Waals surface area contributed by atoms with Crippen LogP contribution in [0, 0.1) is 5.92 Å². The van der Waals surface area contributed by atoms with Crippen molar-refractivity contribution in [1.82, 2.24) is 0 Å². The first-order valence-electron chi connectivity index (χ1n) is 5.12. The molecular weight excluding hydrogens is 272 g/mol. The number of carbonyl (C=O) groups is 1. The fourth-order valence-electron chi connectivity index (χ4n) is 1.00. The maximum Gasteiger partial charge on any atom is 0.344 e. The van der Waals surface area contributed by atoms with Crippen molar-refractivity contribution in [1.29, 1.82) is 0 Å². The lowest BCUT2D eigenvalue weighted by atomic mass is 10.2. The number of carbonyl (C=O) groups excluding carboxylic acids is 1. The largest absolute Gasteiger partial charge is 0.482 e. The van der Waals surface area contributed by atoms with Gasteiger partial charge in [0.25, 0.3) is 0 Å². The number of benzene rings is 1. The highest BCUT2D eigenvalue weighted by Crippen LogP contribution is 2.17. The molecular formula is C12H15BrO3. The first-order chi connectivity index (χ1) is 7.58. The van der Waals surface area contributed by atoms with E-state index in [-0.39, 0.29) is 12.6 Å². The Bertz CT molecular complexity index is 350. The van der Waals surface area contributed by atoms with Crippen LogP contribution < -0.4 is 4.74 Å². The second kappa shape index (κ2) is 6.53. The summed E-state index contributed by atoms with van der Waals surface area (Å²) in [5.41, 5.74) is 0. The second-order valence-corrected chi connectivity index (χ2v) is 4.74. The normalized spacial score (nSPS) is 10.2. The smallest absolute Gasteiger partial charge is 0.344 e. The minimum atomic E-state index is -0.339. The topological polar surface area (TPSA) is 35.5 Å². The maximum absolute atomic E-state index is 11.2. The van der Waals surface area contributed by atoms with Gasteiger partial charge in [0.05, 0.1) is 6.61 Å². The lowest BCUT2D eigenvalue weighted by molar-refractivity contribution is -0.147. The van der Waals surface area contributed by atoms with Gasteiger partial charge in [-0.15, -0.1) is 0 Å². The third-order valence-corrected chi connectivity index (χ3v) is 2.22. The Morgan fingerprint density at radius 3 is 2.81 bits per heavy atom. The molecule has 1 aromatic carbocycles. The van der Waals surface area contributed by atoms with E-state index < -0.39 is 0 Å². The van der Waals surface area contributed by atoms with Crippen LogP contribution in [0.15, 0.2) is 28.7 Å². The molecule has 0 aliphatic carbocycles. The van der Waals surface area contributed by atoms with Crippen molar-refractivity contribution in [3.05, 3.63) is 28.7 Å². The van der Waals surface area contributed by atoms with E-state index in [9.17, 15) is 4.79 Å². The van der Waals surface area contributed by atoms with E-state index >= 15 is 0 Å². The van der Waals surface area contributed by atoms with E-state index in [0.29, 0.717) is 18.3 Å². The zero-order valence-corrected chi connectivity index (χ0v) is 11.0. The fourth-order valence-corrected chi connectivity index (χ4v) is 1.38. The van der Waals surface area contributed by atoms with Gasteiger partial charge >= 0.3 is 5.97 Å². The van der Waals surface area contributed by atoms with Gasteiger partial charge in [-0.25, -0.2) is 4.79 Å². The summed E-state index contributed by atoms with van der Waals surface area (Å²) in [5.74, 6) is 0.652. The zero-order valence-electron chi connectivity index (χ0n) is 9.40. The van der Waals surface area contributed by atoms with Crippen molar-refractivity contribution >= 4 is 21.9 Å². The summed E-state index contributed by atoms with van der Waals surface area (Å²) in [4.78, 5) is 11.2. The molecule has 1 aromatic rings. The minimum Gasteiger partial charge on any atom is -0.482 e. The van der Waals surface area contributed by atoms with E-state index in [4.69, 9.17) is 9.47 Å². The summed E-state index contributed by atoms with van der Waals surface area (Å²) in [6, 6.07) is 7.33. The average Bonchev–Trinajstić information content (AvgIpc) is 2.23. The first-order valence-corrected chi connectivity index (χ1v) is 5.91. The van der Waals surface area contributed by atoms with Crippen molar-refractivity contribution in [3.8, 4) is 5.75 Å². The fraction of sp³-hybridized carbons (Fsp3) is 0.417. The molecule has 0 radical (unpaired) electrons. The monoisotopic (exact) mass is 286 g/mol. The lowest BCUT2D eigenvalue weighted by Crippen LogP contribution is -2.17. The predicted molar refractivity (Wildman–Crippen MR) is 65.4 cm³/mol. The Kier molecular flexibility index (Phi) is 5.32. The molecule has 0 spiro atoms. The molecule has 88 valence electrons. The number of ether oxygens (including phenoxy) is 2. The predicted octanol–water partition coefficient (Wildman–Crippen LogP) is 3.03. The molecule has 0 aliphatic rings. The summed E-state index contributed by atoms with van der Waals surface area (Å²) in [6.07, 6.45) is 0. The molecule has 0 amide bonds. The third kappa shape index (κ3) is 5.16. The van der Waals surface area contributed by atoms with E-state index in [1.165, 1.54) is 0 Å².